The van der Waals surface area contributed by atoms with E-state index < -0.39 is 5.91 Å². The van der Waals surface area contributed by atoms with Crippen LogP contribution in [0.3, 0.4) is 0 Å². The molecule has 1 fully saturated rings. The Morgan fingerprint density at radius 2 is 1.85 bits per heavy atom. The van der Waals surface area contributed by atoms with Gasteiger partial charge in [-0.15, -0.1) is 0 Å². The maximum atomic E-state index is 12.8. The molecule has 1 saturated heterocycles. The molecule has 0 spiro atoms. The third-order valence-corrected chi connectivity index (χ3v) is 5.77. The van der Waals surface area contributed by atoms with Crippen LogP contribution in [0.2, 0.25) is 0 Å². The number of carbonyl (C=O) groups is 2. The molecular weight excluding hydrogens is 416 g/mol. The molecule has 0 atom stereocenters. The fourth-order valence-corrected chi connectivity index (χ4v) is 3.91. The molecule has 0 bridgehead atoms. The first-order chi connectivity index (χ1) is 16.1. The van der Waals surface area contributed by atoms with Gasteiger partial charge in [-0.05, 0) is 36.3 Å². The molecule has 0 aliphatic carbocycles. The van der Waals surface area contributed by atoms with E-state index >= 15 is 0 Å². The van der Waals surface area contributed by atoms with Crippen molar-refractivity contribution in [3.63, 3.8) is 0 Å². The van der Waals surface area contributed by atoms with Gasteiger partial charge >= 0.3 is 0 Å². The fraction of sp³-hybridized carbons (Fsp3) is 0.269. The standard InChI is InChI=1S/C26H26N4O3/c1-2-19-7-9-22(10-8-19)28-26(32)20(16-27)15-21-17-30(24-6-4-3-5-23(21)24)18-25(31)29-11-13-33-14-12-29/h3-10,15,17H,2,11-14,18H2,1H3,(H,28,32). The number of aryl methyl sites for hydroxylation is 1. The highest BCUT2D eigenvalue weighted by Gasteiger charge is 2.19. The number of nitrogens with one attached hydrogen (secondary N) is 1. The number of morpholine rings is 1. The molecule has 1 N–H and O–H groups in total. The third-order valence-electron chi connectivity index (χ3n) is 5.77. The number of nitrogens with zero attached hydrogens (tertiary/aromatic N) is 3. The van der Waals surface area contributed by atoms with Gasteiger partial charge in [-0.3, -0.25) is 9.59 Å². The Bertz CT molecular complexity index is 1230. The summed E-state index contributed by atoms with van der Waals surface area (Å²) in [7, 11) is 0. The molecule has 7 heteroatoms. The van der Waals surface area contributed by atoms with Crippen LogP contribution in [0.25, 0.3) is 17.0 Å². The highest BCUT2D eigenvalue weighted by atomic mass is 16.5. The monoisotopic (exact) mass is 442 g/mol. The molecule has 0 unspecified atom stereocenters. The van der Waals surface area contributed by atoms with Crippen LogP contribution >= 0.6 is 0 Å². The van der Waals surface area contributed by atoms with Crippen molar-refractivity contribution < 1.29 is 14.3 Å². The van der Waals surface area contributed by atoms with Crippen molar-refractivity contribution in [1.82, 2.24) is 9.47 Å². The first kappa shape index (κ1) is 22.3. The van der Waals surface area contributed by atoms with Gasteiger partial charge in [0.25, 0.3) is 5.91 Å². The summed E-state index contributed by atoms with van der Waals surface area (Å²) in [4.78, 5) is 27.3. The molecule has 33 heavy (non-hydrogen) atoms. The van der Waals surface area contributed by atoms with Crippen LogP contribution in [0.15, 0.2) is 60.3 Å². The molecule has 0 saturated carbocycles. The van der Waals surface area contributed by atoms with Crippen molar-refractivity contribution in [2.75, 3.05) is 31.6 Å². The lowest BCUT2D eigenvalue weighted by molar-refractivity contribution is -0.135. The van der Waals surface area contributed by atoms with Gasteiger partial charge in [-0.25, -0.2) is 0 Å². The number of fused-ring (bicyclic) bond motifs is 1. The lowest BCUT2D eigenvalue weighted by Crippen LogP contribution is -2.42. The molecule has 1 aliphatic heterocycles. The number of aromatic nitrogens is 1. The summed E-state index contributed by atoms with van der Waals surface area (Å²) in [6, 6.07) is 17.2. The van der Waals surface area contributed by atoms with E-state index in [0.29, 0.717) is 37.6 Å². The van der Waals surface area contributed by atoms with Crippen molar-refractivity contribution >= 4 is 34.5 Å². The Morgan fingerprint density at radius 3 is 2.55 bits per heavy atom. The Morgan fingerprint density at radius 1 is 1.12 bits per heavy atom. The number of benzene rings is 2. The topological polar surface area (TPSA) is 87.4 Å². The SMILES string of the molecule is CCc1ccc(NC(=O)C(C#N)=Cc2cn(CC(=O)N3CCOCC3)c3ccccc23)cc1. The summed E-state index contributed by atoms with van der Waals surface area (Å²) < 4.78 is 7.20. The van der Waals surface area contributed by atoms with E-state index in [1.807, 2.05) is 65.4 Å². The van der Waals surface area contributed by atoms with Crippen LogP contribution in [-0.2, 0) is 27.3 Å². The zero-order valence-corrected chi connectivity index (χ0v) is 18.6. The Kier molecular flexibility index (Phi) is 6.86. The molecule has 3 aromatic rings. The minimum Gasteiger partial charge on any atom is -0.378 e. The van der Waals surface area contributed by atoms with Gasteiger partial charge in [-0.1, -0.05) is 37.3 Å². The molecule has 2 aromatic carbocycles. The van der Waals surface area contributed by atoms with E-state index in [-0.39, 0.29) is 18.0 Å². The molecule has 2 amide bonds. The first-order valence-corrected chi connectivity index (χ1v) is 11.0. The van der Waals surface area contributed by atoms with Crippen molar-refractivity contribution in [1.29, 1.82) is 5.26 Å². The summed E-state index contributed by atoms with van der Waals surface area (Å²) in [5, 5.41) is 13.3. The van der Waals surface area contributed by atoms with Gasteiger partial charge in [-0.2, -0.15) is 5.26 Å². The smallest absolute Gasteiger partial charge is 0.266 e. The van der Waals surface area contributed by atoms with Crippen LogP contribution in [0.5, 0.6) is 0 Å². The maximum Gasteiger partial charge on any atom is 0.266 e. The lowest BCUT2D eigenvalue weighted by atomic mass is 10.1. The van der Waals surface area contributed by atoms with Crippen LogP contribution in [0.1, 0.15) is 18.1 Å². The van der Waals surface area contributed by atoms with Crippen LogP contribution in [-0.4, -0.2) is 47.6 Å². The summed E-state index contributed by atoms with van der Waals surface area (Å²) in [5.41, 5.74) is 3.39. The molecule has 168 valence electrons. The summed E-state index contributed by atoms with van der Waals surface area (Å²) in [5.74, 6) is -0.452. The average Bonchev–Trinajstić information content (AvgIpc) is 3.20. The predicted molar refractivity (Wildman–Crippen MR) is 127 cm³/mol. The summed E-state index contributed by atoms with van der Waals surface area (Å²) in [6.07, 6.45) is 4.31. The largest absolute Gasteiger partial charge is 0.378 e. The third kappa shape index (κ3) is 5.13. The van der Waals surface area contributed by atoms with E-state index in [9.17, 15) is 14.9 Å². The number of hydrogen-bond donors (Lipinski definition) is 1. The normalized spacial score (nSPS) is 14.2. The van der Waals surface area contributed by atoms with E-state index in [2.05, 4.69) is 12.2 Å². The summed E-state index contributed by atoms with van der Waals surface area (Å²) in [6.45, 7) is 4.52. The fourth-order valence-electron chi connectivity index (χ4n) is 3.91. The zero-order chi connectivity index (χ0) is 23.2. The van der Waals surface area contributed by atoms with Crippen molar-refractivity contribution in [2.45, 2.75) is 19.9 Å². The molecule has 4 rings (SSSR count). The number of anilines is 1. The van der Waals surface area contributed by atoms with Crippen molar-refractivity contribution in [2.24, 2.45) is 0 Å². The Hall–Kier alpha value is -3.89. The van der Waals surface area contributed by atoms with Crippen molar-refractivity contribution in [3.05, 3.63) is 71.4 Å². The van der Waals surface area contributed by atoms with E-state index in [0.717, 1.165) is 17.3 Å². The van der Waals surface area contributed by atoms with Gasteiger partial charge in [0.15, 0.2) is 0 Å². The Balaban J connectivity index is 1.58. The number of amides is 2. The van der Waals surface area contributed by atoms with E-state index in [1.54, 1.807) is 11.0 Å². The molecule has 1 aromatic heterocycles. The average molecular weight is 443 g/mol. The van der Waals surface area contributed by atoms with Gasteiger partial charge < -0.3 is 19.5 Å². The second-order valence-corrected chi connectivity index (χ2v) is 7.90. The van der Waals surface area contributed by atoms with Crippen molar-refractivity contribution in [3.8, 4) is 6.07 Å². The highest BCUT2D eigenvalue weighted by Crippen LogP contribution is 2.24. The predicted octanol–water partition coefficient (Wildman–Crippen LogP) is 3.61. The van der Waals surface area contributed by atoms with Gasteiger partial charge in [0.05, 0.1) is 13.2 Å². The highest BCUT2D eigenvalue weighted by molar-refractivity contribution is 6.10. The van der Waals surface area contributed by atoms with E-state index in [4.69, 9.17) is 4.74 Å². The number of hydrogen-bond acceptors (Lipinski definition) is 4. The van der Waals surface area contributed by atoms with E-state index in [1.165, 1.54) is 5.56 Å². The minimum absolute atomic E-state index is 0.00280. The maximum absolute atomic E-state index is 12.8. The molecular formula is C26H26N4O3. The Labute approximate surface area is 192 Å². The summed E-state index contributed by atoms with van der Waals surface area (Å²) >= 11 is 0. The number of nitriles is 1. The number of para-hydroxylation sites is 1. The van der Waals surface area contributed by atoms with Crippen LogP contribution < -0.4 is 5.32 Å². The second kappa shape index (κ2) is 10.2. The molecule has 1 aliphatic rings. The first-order valence-electron chi connectivity index (χ1n) is 11.0. The minimum atomic E-state index is -0.469. The zero-order valence-electron chi connectivity index (χ0n) is 18.6. The van der Waals surface area contributed by atoms with Gasteiger partial charge in [0.2, 0.25) is 5.91 Å². The van der Waals surface area contributed by atoms with Gasteiger partial charge in [0, 0.05) is 41.4 Å². The quantitative estimate of drug-likeness (QED) is 0.467. The number of rotatable bonds is 6. The van der Waals surface area contributed by atoms with Crippen LogP contribution in [0, 0.1) is 11.3 Å². The number of carbonyl (C=O) groups excluding carboxylic acids is 2. The second-order valence-electron chi connectivity index (χ2n) is 7.90. The lowest BCUT2D eigenvalue weighted by Gasteiger charge is -2.27. The van der Waals surface area contributed by atoms with Crippen LogP contribution in [0.4, 0.5) is 5.69 Å². The molecule has 7 nitrogen and oxygen atoms in total. The van der Waals surface area contributed by atoms with Gasteiger partial charge in [0.1, 0.15) is 18.2 Å². The molecule has 0 radical (unpaired) electrons. The molecule has 2 heterocycles. The number of ether oxygens (including phenoxy) is 1.